The Morgan fingerprint density at radius 1 is 1.25 bits per heavy atom. The second kappa shape index (κ2) is 8.48. The standard InChI is InChI=1S/C21H25NO6/c1-13-4-6-18(14(2)8-13)27-12-16-5-7-19(28-16)21(25)22-11-17(26-3)9-15(22)10-20(23)24/h4-8,15,17H,9-12H2,1-3H3,(H,23,24). The molecule has 7 nitrogen and oxygen atoms in total. The van der Waals surface area contributed by atoms with Crippen LogP contribution in [0.4, 0.5) is 0 Å². The van der Waals surface area contributed by atoms with E-state index in [2.05, 4.69) is 0 Å². The molecule has 2 atom stereocenters. The number of furan rings is 1. The first-order chi connectivity index (χ1) is 13.4. The predicted molar refractivity (Wildman–Crippen MR) is 101 cm³/mol. The molecule has 2 aromatic rings. The van der Waals surface area contributed by atoms with Crippen molar-refractivity contribution in [2.75, 3.05) is 13.7 Å². The highest BCUT2D eigenvalue weighted by Gasteiger charge is 2.37. The Morgan fingerprint density at radius 2 is 2.04 bits per heavy atom. The van der Waals surface area contributed by atoms with Crippen LogP contribution in [-0.4, -0.2) is 47.7 Å². The second-order valence-corrected chi connectivity index (χ2v) is 7.13. The lowest BCUT2D eigenvalue weighted by molar-refractivity contribution is -0.138. The molecule has 1 aromatic carbocycles. The van der Waals surface area contributed by atoms with Gasteiger partial charge in [-0.2, -0.15) is 0 Å². The van der Waals surface area contributed by atoms with E-state index in [1.807, 2.05) is 32.0 Å². The first kappa shape index (κ1) is 19.9. The number of nitrogens with zero attached hydrogens (tertiary/aromatic N) is 1. The second-order valence-electron chi connectivity index (χ2n) is 7.13. The summed E-state index contributed by atoms with van der Waals surface area (Å²) < 4.78 is 16.8. The number of hydrogen-bond acceptors (Lipinski definition) is 5. The van der Waals surface area contributed by atoms with E-state index in [0.717, 1.165) is 16.9 Å². The van der Waals surface area contributed by atoms with Crippen LogP contribution in [0.3, 0.4) is 0 Å². The SMILES string of the molecule is COC1CC(CC(=O)O)N(C(=O)c2ccc(COc3ccc(C)cc3C)o2)C1. The minimum atomic E-state index is -0.943. The van der Waals surface area contributed by atoms with E-state index < -0.39 is 12.0 Å². The van der Waals surface area contributed by atoms with Crippen molar-refractivity contribution in [3.05, 3.63) is 53.0 Å². The number of aryl methyl sites for hydroxylation is 2. The van der Waals surface area contributed by atoms with Crippen molar-refractivity contribution in [1.29, 1.82) is 0 Å². The molecular formula is C21H25NO6. The van der Waals surface area contributed by atoms with Crippen molar-refractivity contribution in [3.63, 3.8) is 0 Å². The Hall–Kier alpha value is -2.80. The topological polar surface area (TPSA) is 89.2 Å². The molecule has 1 aliphatic heterocycles. The summed E-state index contributed by atoms with van der Waals surface area (Å²) in [6.45, 7) is 4.55. The number of carboxylic acid groups (broad SMARTS) is 1. The molecule has 1 fully saturated rings. The number of likely N-dealkylation sites (tertiary alicyclic amines) is 1. The van der Waals surface area contributed by atoms with Crippen molar-refractivity contribution in [2.45, 2.75) is 45.4 Å². The quantitative estimate of drug-likeness (QED) is 0.785. The smallest absolute Gasteiger partial charge is 0.305 e. The van der Waals surface area contributed by atoms with Crippen LogP contribution in [0.2, 0.25) is 0 Å². The van der Waals surface area contributed by atoms with E-state index in [9.17, 15) is 9.59 Å². The van der Waals surface area contributed by atoms with Crippen LogP contribution >= 0.6 is 0 Å². The lowest BCUT2D eigenvalue weighted by Gasteiger charge is -2.21. The van der Waals surface area contributed by atoms with Gasteiger partial charge < -0.3 is 23.9 Å². The molecule has 0 radical (unpaired) electrons. The summed E-state index contributed by atoms with van der Waals surface area (Å²) in [5.41, 5.74) is 2.19. The molecule has 0 bridgehead atoms. The summed E-state index contributed by atoms with van der Waals surface area (Å²) >= 11 is 0. The van der Waals surface area contributed by atoms with Crippen molar-refractivity contribution in [2.24, 2.45) is 0 Å². The maximum atomic E-state index is 12.8. The molecule has 1 aromatic heterocycles. The van der Waals surface area contributed by atoms with Crippen molar-refractivity contribution >= 4 is 11.9 Å². The van der Waals surface area contributed by atoms with Gasteiger partial charge in [0.15, 0.2) is 5.76 Å². The third kappa shape index (κ3) is 4.54. The fourth-order valence-corrected chi connectivity index (χ4v) is 3.51. The van der Waals surface area contributed by atoms with Crippen LogP contribution in [-0.2, 0) is 16.1 Å². The molecule has 150 valence electrons. The highest BCUT2D eigenvalue weighted by Crippen LogP contribution is 2.26. The van der Waals surface area contributed by atoms with Gasteiger partial charge in [-0.3, -0.25) is 9.59 Å². The van der Waals surface area contributed by atoms with Gasteiger partial charge in [-0.15, -0.1) is 0 Å². The Morgan fingerprint density at radius 3 is 2.71 bits per heavy atom. The maximum Gasteiger partial charge on any atom is 0.305 e. The summed E-state index contributed by atoms with van der Waals surface area (Å²) in [4.78, 5) is 25.5. The Labute approximate surface area is 163 Å². The van der Waals surface area contributed by atoms with Gasteiger partial charge in [0.25, 0.3) is 5.91 Å². The van der Waals surface area contributed by atoms with Crippen LogP contribution in [0, 0.1) is 13.8 Å². The van der Waals surface area contributed by atoms with E-state index in [1.165, 1.54) is 4.90 Å². The highest BCUT2D eigenvalue weighted by molar-refractivity contribution is 5.92. The monoisotopic (exact) mass is 387 g/mol. The zero-order valence-corrected chi connectivity index (χ0v) is 16.3. The summed E-state index contributed by atoms with van der Waals surface area (Å²) in [5.74, 6) is 0.191. The Kier molecular flexibility index (Phi) is 6.04. The van der Waals surface area contributed by atoms with Crippen LogP contribution in [0.15, 0.2) is 34.7 Å². The third-order valence-electron chi connectivity index (χ3n) is 4.95. The summed E-state index contributed by atoms with van der Waals surface area (Å²) in [6, 6.07) is 8.81. The van der Waals surface area contributed by atoms with Crippen LogP contribution < -0.4 is 4.74 Å². The van der Waals surface area contributed by atoms with Gasteiger partial charge in [-0.1, -0.05) is 17.7 Å². The Bertz CT molecular complexity index is 858. The van der Waals surface area contributed by atoms with Gasteiger partial charge >= 0.3 is 5.97 Å². The molecule has 1 amide bonds. The first-order valence-electron chi connectivity index (χ1n) is 9.21. The molecule has 2 heterocycles. The van der Waals surface area contributed by atoms with E-state index in [-0.39, 0.29) is 30.8 Å². The van der Waals surface area contributed by atoms with Crippen LogP contribution in [0.25, 0.3) is 0 Å². The molecule has 7 heteroatoms. The molecule has 0 spiro atoms. The number of benzene rings is 1. The van der Waals surface area contributed by atoms with Crippen molar-refractivity contribution < 1.29 is 28.6 Å². The van der Waals surface area contributed by atoms with E-state index >= 15 is 0 Å². The number of rotatable bonds is 7. The average molecular weight is 387 g/mol. The minimum absolute atomic E-state index is 0.116. The number of methoxy groups -OCH3 is 1. The van der Waals surface area contributed by atoms with Gasteiger partial charge in [-0.25, -0.2) is 0 Å². The highest BCUT2D eigenvalue weighted by atomic mass is 16.5. The number of hydrogen-bond donors (Lipinski definition) is 1. The number of carboxylic acids is 1. The summed E-state index contributed by atoms with van der Waals surface area (Å²) in [6.07, 6.45) is 0.211. The molecule has 0 saturated carbocycles. The van der Waals surface area contributed by atoms with Gasteiger partial charge in [0, 0.05) is 19.7 Å². The number of carbonyl (C=O) groups excluding carboxylic acids is 1. The Balaban J connectivity index is 1.66. The average Bonchev–Trinajstić information content (AvgIpc) is 3.27. The number of amides is 1. The number of aliphatic carboxylic acids is 1. The van der Waals surface area contributed by atoms with Gasteiger partial charge in [0.05, 0.1) is 12.5 Å². The molecule has 0 aliphatic carbocycles. The summed E-state index contributed by atoms with van der Waals surface area (Å²) in [5, 5.41) is 9.11. The number of ether oxygens (including phenoxy) is 2. The minimum Gasteiger partial charge on any atom is -0.485 e. The molecule has 2 unspecified atom stereocenters. The fraction of sp³-hybridized carbons (Fsp3) is 0.429. The molecule has 1 N–H and O–H groups in total. The van der Waals surface area contributed by atoms with E-state index in [4.69, 9.17) is 19.0 Å². The molecule has 3 rings (SSSR count). The third-order valence-corrected chi connectivity index (χ3v) is 4.95. The van der Waals surface area contributed by atoms with E-state index in [1.54, 1.807) is 19.2 Å². The van der Waals surface area contributed by atoms with Crippen LogP contribution in [0.5, 0.6) is 5.75 Å². The van der Waals surface area contributed by atoms with Gasteiger partial charge in [0.1, 0.15) is 18.1 Å². The van der Waals surface area contributed by atoms with Crippen LogP contribution in [0.1, 0.15) is 40.3 Å². The van der Waals surface area contributed by atoms with Gasteiger partial charge in [-0.05, 0) is 44.0 Å². The zero-order valence-electron chi connectivity index (χ0n) is 16.3. The first-order valence-corrected chi connectivity index (χ1v) is 9.21. The normalized spacial score (nSPS) is 19.0. The van der Waals surface area contributed by atoms with Gasteiger partial charge in [0.2, 0.25) is 0 Å². The predicted octanol–water partition coefficient (Wildman–Crippen LogP) is 3.18. The largest absolute Gasteiger partial charge is 0.485 e. The van der Waals surface area contributed by atoms with Crippen molar-refractivity contribution in [1.82, 2.24) is 4.90 Å². The van der Waals surface area contributed by atoms with Crippen molar-refractivity contribution in [3.8, 4) is 5.75 Å². The molecule has 28 heavy (non-hydrogen) atoms. The summed E-state index contributed by atoms with van der Waals surface area (Å²) in [7, 11) is 1.56. The molecule has 1 aliphatic rings. The lowest BCUT2D eigenvalue weighted by Crippen LogP contribution is -2.37. The molecule has 1 saturated heterocycles. The zero-order chi connectivity index (χ0) is 20.3. The van der Waals surface area contributed by atoms with E-state index in [0.29, 0.717) is 18.7 Å². The number of carbonyl (C=O) groups is 2. The fourth-order valence-electron chi connectivity index (χ4n) is 3.51. The maximum absolute atomic E-state index is 12.8. The lowest BCUT2D eigenvalue weighted by atomic mass is 10.1. The molecular weight excluding hydrogens is 362 g/mol.